The van der Waals surface area contributed by atoms with E-state index in [4.69, 9.17) is 21.3 Å². The first-order valence-electron chi connectivity index (χ1n) is 16.5. The maximum atomic E-state index is 16.8. The van der Waals surface area contributed by atoms with Crippen LogP contribution < -0.4 is 4.74 Å². The van der Waals surface area contributed by atoms with Crippen molar-refractivity contribution >= 4 is 50.7 Å². The summed E-state index contributed by atoms with van der Waals surface area (Å²) in [5.74, 6) is -0.188. The van der Waals surface area contributed by atoms with Crippen LogP contribution >= 0.6 is 11.6 Å². The quantitative estimate of drug-likeness (QED) is 0.200. The minimum Gasteiger partial charge on any atom is -0.443 e. The van der Waals surface area contributed by atoms with Crippen LogP contribution in [0.15, 0.2) is 54.2 Å². The van der Waals surface area contributed by atoms with E-state index in [0.29, 0.717) is 59.7 Å². The Morgan fingerprint density at radius 2 is 1.98 bits per heavy atom. The number of pyridine rings is 1. The second kappa shape index (κ2) is 12.1. The third-order valence-corrected chi connectivity index (χ3v) is 10.7. The molecule has 4 fully saturated rings. The van der Waals surface area contributed by atoms with E-state index in [1.807, 2.05) is 47.8 Å². The molecule has 9 nitrogen and oxygen atoms in total. The summed E-state index contributed by atoms with van der Waals surface area (Å²) in [6, 6.07) is 11.2. The molecule has 2 aromatic heterocycles. The number of hydrogen-bond donors (Lipinski definition) is 0. The highest BCUT2D eigenvalue weighted by atomic mass is 35.5. The summed E-state index contributed by atoms with van der Waals surface area (Å²) in [4.78, 5) is 33.2. The monoisotopic (exact) mass is 672 g/mol. The fraction of sp³-hybridized carbons (Fsp3) is 0.417. The lowest BCUT2D eigenvalue weighted by atomic mass is 9.95. The summed E-state index contributed by atoms with van der Waals surface area (Å²) in [5, 5.41) is 2.48. The topological polar surface area (TPSA) is 77.7 Å². The first kappa shape index (κ1) is 31.2. The van der Waals surface area contributed by atoms with Crippen molar-refractivity contribution in [3.05, 3.63) is 65.1 Å². The number of benzene rings is 2. The van der Waals surface area contributed by atoms with E-state index in [0.717, 1.165) is 49.1 Å². The maximum Gasteiger partial charge on any atom is 0.434 e. The Balaban J connectivity index is 1.20. The smallest absolute Gasteiger partial charge is 0.434 e. The van der Waals surface area contributed by atoms with Crippen molar-refractivity contribution in [2.45, 2.75) is 37.4 Å². The number of nitrogens with zero attached hydrogens (tertiary/aromatic N) is 7. The van der Waals surface area contributed by atoms with Crippen LogP contribution in [0.4, 0.5) is 14.6 Å². The molecule has 0 radical (unpaired) electrons. The molecular weight excluding hydrogens is 636 g/mol. The molecule has 0 spiro atoms. The normalized spacial score (nSPS) is 24.0. The number of amides is 1. The van der Waals surface area contributed by atoms with Gasteiger partial charge in [-0.2, -0.15) is 4.98 Å². The highest BCUT2D eigenvalue weighted by Gasteiger charge is 2.49. The molecular formula is C36H37ClF2N7O2+. The number of aromatic nitrogens is 3. The molecule has 48 heavy (non-hydrogen) atoms. The summed E-state index contributed by atoms with van der Waals surface area (Å²) in [6.45, 7) is 4.05. The first-order valence-corrected chi connectivity index (χ1v) is 16.9. The Morgan fingerprint density at radius 1 is 1.17 bits per heavy atom. The average molecular weight is 673 g/mol. The van der Waals surface area contributed by atoms with Gasteiger partial charge in [-0.05, 0) is 43.5 Å². The van der Waals surface area contributed by atoms with Crippen molar-refractivity contribution < 1.29 is 22.9 Å². The molecule has 4 aliphatic rings. The highest BCUT2D eigenvalue weighted by molar-refractivity contribution is 6.36. The molecule has 0 N–H and O–H groups in total. The van der Waals surface area contributed by atoms with E-state index < -0.39 is 17.5 Å². The molecule has 0 saturated carbocycles. The summed E-state index contributed by atoms with van der Waals surface area (Å²) in [7, 11) is 3.89. The standard InChI is InChI=1S/C36H37ClF2N7O2/c1-43-17-22(18-43)14-29(47)45-13-10-25(20-45)44(2)34-27-16-40-32(26-8-3-6-23-7-4-9-28(37)30(23)26)31(39)33(27)41-35(42-34)48-21-36-11-5-12-46(36)19-24(38)15-36/h3-4,6-9,14,16,24H,5,10-13,15,17-21H2,1-2H3/q+1/t24-,36+/m1/s1. The van der Waals surface area contributed by atoms with Crippen LogP contribution in [-0.2, 0) is 4.79 Å². The number of alkyl halides is 1. The molecule has 6 heterocycles. The van der Waals surface area contributed by atoms with E-state index in [1.165, 1.54) is 0 Å². The predicted octanol–water partition coefficient (Wildman–Crippen LogP) is 5.41. The van der Waals surface area contributed by atoms with Gasteiger partial charge in [0.15, 0.2) is 5.82 Å². The number of ether oxygens (including phenoxy) is 1. The number of halogens is 3. The number of likely N-dealkylation sites (tertiary alicyclic amines) is 2. The van der Waals surface area contributed by atoms with Gasteiger partial charge in [-0.3, -0.25) is 19.6 Å². The van der Waals surface area contributed by atoms with Gasteiger partial charge in [-0.1, -0.05) is 41.9 Å². The number of carbonyl (C=O) groups is 1. The molecule has 8 rings (SSSR count). The van der Waals surface area contributed by atoms with Gasteiger partial charge in [0.2, 0.25) is 5.91 Å². The Morgan fingerprint density at radius 3 is 2.79 bits per heavy atom. The maximum absolute atomic E-state index is 16.8. The lowest BCUT2D eigenvalue weighted by Gasteiger charge is -2.30. The van der Waals surface area contributed by atoms with Crippen molar-refractivity contribution in [3.63, 3.8) is 0 Å². The zero-order valence-corrected chi connectivity index (χ0v) is 27.8. The molecule has 0 aliphatic carbocycles. The van der Waals surface area contributed by atoms with Gasteiger partial charge in [0.05, 0.1) is 19.1 Å². The number of likely N-dealkylation sites (N-methyl/N-ethyl adjacent to an activating group) is 1. The number of fused-ring (bicyclic) bond motifs is 3. The lowest BCUT2D eigenvalue weighted by Crippen LogP contribution is -2.43. The third kappa shape index (κ3) is 5.41. The summed E-state index contributed by atoms with van der Waals surface area (Å²) in [5.41, 5.74) is 2.41. The van der Waals surface area contributed by atoms with Crippen LogP contribution in [-0.4, -0.2) is 118 Å². The van der Waals surface area contributed by atoms with Gasteiger partial charge in [0, 0.05) is 72.2 Å². The third-order valence-electron chi connectivity index (χ3n) is 10.4. The van der Waals surface area contributed by atoms with Gasteiger partial charge in [0.25, 0.3) is 0 Å². The lowest BCUT2D eigenvalue weighted by molar-refractivity contribution is -0.409. The number of carbonyl (C=O) groups excluding carboxylic acids is 1. The van der Waals surface area contributed by atoms with Crippen LogP contribution in [0, 0.1) is 5.82 Å². The minimum absolute atomic E-state index is 0.00715. The molecule has 2 aromatic carbocycles. The fourth-order valence-electron chi connectivity index (χ4n) is 7.93. The van der Waals surface area contributed by atoms with Gasteiger partial charge >= 0.3 is 11.8 Å². The molecule has 1 amide bonds. The van der Waals surface area contributed by atoms with E-state index >= 15 is 4.39 Å². The Hall–Kier alpha value is -4.06. The summed E-state index contributed by atoms with van der Waals surface area (Å²) >= 11 is 6.61. The van der Waals surface area contributed by atoms with Gasteiger partial charge < -0.3 is 9.64 Å². The summed E-state index contributed by atoms with van der Waals surface area (Å²) in [6.07, 6.45) is 5.27. The van der Waals surface area contributed by atoms with E-state index in [9.17, 15) is 9.18 Å². The van der Waals surface area contributed by atoms with Crippen molar-refractivity contribution in [3.8, 4) is 17.3 Å². The number of rotatable bonds is 6. The molecule has 0 bridgehead atoms. The van der Waals surface area contributed by atoms with Crippen LogP contribution in [0.3, 0.4) is 0 Å². The van der Waals surface area contributed by atoms with Crippen molar-refractivity contribution in [1.29, 1.82) is 0 Å². The highest BCUT2D eigenvalue weighted by Crippen LogP contribution is 2.41. The van der Waals surface area contributed by atoms with Crippen LogP contribution in [0.1, 0.15) is 25.7 Å². The van der Waals surface area contributed by atoms with Gasteiger partial charge in [-0.25, -0.2) is 13.4 Å². The molecule has 4 saturated heterocycles. The SMILES string of the molecule is CN1CC(=CC(=O)N2CCC(=[N+](C)c3nc(OC[C@@]45CCCN4C[C@H](F)C5)nc4c(F)c(-c5cccc6cccc(Cl)c56)ncc34)C2)C1. The number of hydrogen-bond acceptors (Lipinski definition) is 7. The molecule has 0 unspecified atom stereocenters. The molecule has 248 valence electrons. The second-order valence-corrected chi connectivity index (χ2v) is 14.0. The zero-order valence-electron chi connectivity index (χ0n) is 27.1. The predicted molar refractivity (Wildman–Crippen MR) is 181 cm³/mol. The average Bonchev–Trinajstić information content (AvgIpc) is 3.78. The van der Waals surface area contributed by atoms with E-state index in [-0.39, 0.29) is 29.7 Å². The Labute approximate surface area is 282 Å². The molecule has 12 heteroatoms. The van der Waals surface area contributed by atoms with Crippen molar-refractivity contribution in [2.75, 3.05) is 60.0 Å². The van der Waals surface area contributed by atoms with E-state index in [1.54, 1.807) is 24.4 Å². The molecule has 4 aromatic rings. The first-order chi connectivity index (χ1) is 23.2. The molecule has 2 atom stereocenters. The van der Waals surface area contributed by atoms with Gasteiger partial charge in [0.1, 0.15) is 35.1 Å². The fourth-order valence-corrected chi connectivity index (χ4v) is 8.21. The minimum atomic E-state index is -0.906. The van der Waals surface area contributed by atoms with Gasteiger partial charge in [-0.15, -0.1) is 0 Å². The largest absolute Gasteiger partial charge is 0.443 e. The summed E-state index contributed by atoms with van der Waals surface area (Å²) < 4.78 is 39.5. The van der Waals surface area contributed by atoms with Crippen molar-refractivity contribution in [2.24, 2.45) is 0 Å². The van der Waals surface area contributed by atoms with Crippen molar-refractivity contribution in [1.82, 2.24) is 29.7 Å². The zero-order chi connectivity index (χ0) is 33.2. The molecule has 4 aliphatic heterocycles. The second-order valence-electron chi connectivity index (χ2n) is 13.6. The van der Waals surface area contributed by atoms with Crippen LogP contribution in [0.25, 0.3) is 32.9 Å². The Kier molecular flexibility index (Phi) is 7.88. The Bertz CT molecular complexity index is 2020. The van der Waals surface area contributed by atoms with E-state index in [2.05, 4.69) is 19.8 Å². The van der Waals surface area contributed by atoms with Crippen LogP contribution in [0.5, 0.6) is 6.01 Å². The van der Waals surface area contributed by atoms with Crippen LogP contribution in [0.2, 0.25) is 5.02 Å².